The molecule has 4 rings (SSSR count). The number of hydrogen-bond donors (Lipinski definition) is 0. The Bertz CT molecular complexity index is 978. The van der Waals surface area contributed by atoms with Crippen LogP contribution in [-0.4, -0.2) is 23.5 Å². The van der Waals surface area contributed by atoms with Gasteiger partial charge in [0.1, 0.15) is 11.6 Å². The third-order valence-corrected chi connectivity index (χ3v) is 7.86. The first kappa shape index (κ1) is 23.8. The minimum atomic E-state index is -1.84. The Morgan fingerprint density at radius 1 is 1.15 bits per heavy atom. The Balaban J connectivity index is 1.36. The van der Waals surface area contributed by atoms with Crippen molar-refractivity contribution in [3.63, 3.8) is 0 Å². The second-order valence-electron chi connectivity index (χ2n) is 10.2. The Hall–Kier alpha value is -2.30. The molecule has 2 saturated carbocycles. The average molecular weight is 456 g/mol. The molecule has 0 radical (unpaired) electrons. The number of aryl methyl sites for hydroxylation is 1. The molecule has 5 heteroatoms. The van der Waals surface area contributed by atoms with E-state index in [9.17, 15) is 9.18 Å². The maximum Gasteiger partial charge on any atom is 0.172 e. The molecule has 0 spiro atoms. The topological polar surface area (TPSA) is 39.2 Å². The van der Waals surface area contributed by atoms with Crippen LogP contribution in [0, 0.1) is 17.7 Å². The average Bonchev–Trinajstić information content (AvgIpc) is 3.63. The van der Waals surface area contributed by atoms with Gasteiger partial charge in [0.05, 0.1) is 7.11 Å². The van der Waals surface area contributed by atoms with Gasteiger partial charge in [-0.1, -0.05) is 0 Å². The summed E-state index contributed by atoms with van der Waals surface area (Å²) >= 11 is 0. The molecule has 3 nitrogen and oxygen atoms in total. The largest absolute Gasteiger partial charge is 0.497 e. The summed E-state index contributed by atoms with van der Waals surface area (Å²) in [5.41, 5.74) is 0.805. The van der Waals surface area contributed by atoms with Crippen LogP contribution < -0.4 is 4.74 Å². The number of halogens is 2. The molecule has 1 unspecified atom stereocenters. The number of hydrogen-bond acceptors (Lipinski definition) is 3. The van der Waals surface area contributed by atoms with Crippen LogP contribution in [0.25, 0.3) is 0 Å². The number of nitrogens with zero attached hydrogens (tertiary/aromatic N) is 1. The molecule has 2 aromatic rings. The molecular formula is C28H35F2NO2. The first-order chi connectivity index (χ1) is 15.8. The number of ketones is 1. The quantitative estimate of drug-likeness (QED) is 0.411. The highest BCUT2D eigenvalue weighted by atomic mass is 19.1. The third kappa shape index (κ3) is 5.44. The number of carbonyl (C=O) groups excluding carboxylic acids is 1. The van der Waals surface area contributed by atoms with Gasteiger partial charge in [0.25, 0.3) is 0 Å². The molecular weight excluding hydrogens is 420 g/mol. The zero-order valence-electron chi connectivity index (χ0n) is 19.9. The van der Waals surface area contributed by atoms with E-state index in [0.717, 1.165) is 68.2 Å². The van der Waals surface area contributed by atoms with Gasteiger partial charge in [0.2, 0.25) is 0 Å². The summed E-state index contributed by atoms with van der Waals surface area (Å²) in [6.07, 6.45) is 9.68. The number of methoxy groups -OCH3 is 1. The maximum absolute atomic E-state index is 15.3. The molecule has 0 amide bonds. The number of benzene rings is 1. The van der Waals surface area contributed by atoms with E-state index in [1.54, 1.807) is 19.4 Å². The van der Waals surface area contributed by atoms with Gasteiger partial charge in [-0.2, -0.15) is 0 Å². The Labute approximate surface area is 196 Å². The van der Waals surface area contributed by atoms with Crippen LogP contribution >= 0.6 is 0 Å². The molecule has 1 heterocycles. The third-order valence-electron chi connectivity index (χ3n) is 7.86. The van der Waals surface area contributed by atoms with Crippen molar-refractivity contribution in [3.05, 3.63) is 59.2 Å². The lowest BCUT2D eigenvalue weighted by Gasteiger charge is -2.30. The lowest BCUT2D eigenvalue weighted by molar-refractivity contribution is -0.129. The van der Waals surface area contributed by atoms with Gasteiger partial charge in [-0.25, -0.2) is 8.78 Å². The lowest BCUT2D eigenvalue weighted by atomic mass is 9.76. The lowest BCUT2D eigenvalue weighted by Crippen LogP contribution is -2.36. The van der Waals surface area contributed by atoms with E-state index in [0.29, 0.717) is 11.7 Å². The van der Waals surface area contributed by atoms with Gasteiger partial charge in [-0.05, 0) is 124 Å². The molecule has 1 aromatic heterocycles. The summed E-state index contributed by atoms with van der Waals surface area (Å²) in [7, 11) is 1.61. The molecule has 0 bridgehead atoms. The van der Waals surface area contributed by atoms with Gasteiger partial charge in [-0.3, -0.25) is 9.78 Å². The monoisotopic (exact) mass is 455 g/mol. The van der Waals surface area contributed by atoms with E-state index < -0.39 is 11.5 Å². The van der Waals surface area contributed by atoms with Crippen molar-refractivity contribution >= 4 is 5.78 Å². The summed E-state index contributed by atoms with van der Waals surface area (Å²) in [5.74, 6) is 0.849. The first-order valence-electron chi connectivity index (χ1n) is 12.3. The van der Waals surface area contributed by atoms with Crippen LogP contribution in [0.15, 0.2) is 36.5 Å². The number of pyridine rings is 1. The number of carbonyl (C=O) groups is 1. The van der Waals surface area contributed by atoms with Crippen molar-refractivity contribution in [2.45, 2.75) is 82.7 Å². The van der Waals surface area contributed by atoms with Gasteiger partial charge in [0.15, 0.2) is 11.5 Å². The van der Waals surface area contributed by atoms with E-state index in [1.165, 1.54) is 19.9 Å². The normalized spacial score (nSPS) is 23.5. The summed E-state index contributed by atoms with van der Waals surface area (Å²) in [6.45, 7) is 2.78. The fraction of sp³-hybridized carbons (Fsp3) is 0.571. The molecule has 33 heavy (non-hydrogen) atoms. The van der Waals surface area contributed by atoms with Crippen molar-refractivity contribution < 1.29 is 18.3 Å². The van der Waals surface area contributed by atoms with Gasteiger partial charge >= 0.3 is 0 Å². The predicted molar refractivity (Wildman–Crippen MR) is 126 cm³/mol. The predicted octanol–water partition coefficient (Wildman–Crippen LogP) is 6.95. The van der Waals surface area contributed by atoms with Crippen LogP contribution in [-0.2, 0) is 11.2 Å². The first-order valence-corrected chi connectivity index (χ1v) is 12.3. The van der Waals surface area contributed by atoms with E-state index in [-0.39, 0.29) is 23.6 Å². The Morgan fingerprint density at radius 3 is 2.52 bits per heavy atom. The van der Waals surface area contributed by atoms with E-state index in [2.05, 4.69) is 4.98 Å². The van der Waals surface area contributed by atoms with Crippen LogP contribution in [0.1, 0.15) is 87.4 Å². The highest BCUT2D eigenvalue weighted by molar-refractivity contribution is 5.85. The van der Waals surface area contributed by atoms with Crippen molar-refractivity contribution in [1.29, 1.82) is 0 Å². The molecule has 2 fully saturated rings. The highest BCUT2D eigenvalue weighted by Crippen LogP contribution is 2.50. The minimum Gasteiger partial charge on any atom is -0.497 e. The SMILES string of the molecule is COc1ccc(F)c(C2CCC(CCc3cc([C@H](C4CC4)C(C)(F)C(C)=O)ccn3)CC2)c1. The summed E-state index contributed by atoms with van der Waals surface area (Å²) < 4.78 is 34.9. The van der Waals surface area contributed by atoms with Crippen LogP contribution in [0.2, 0.25) is 0 Å². The molecule has 0 saturated heterocycles. The van der Waals surface area contributed by atoms with Crippen molar-refractivity contribution in [2.24, 2.45) is 11.8 Å². The number of rotatable bonds is 9. The summed E-state index contributed by atoms with van der Waals surface area (Å²) in [6, 6.07) is 8.90. The molecule has 1 aromatic carbocycles. The number of alkyl halides is 1. The summed E-state index contributed by atoms with van der Waals surface area (Å²) in [5, 5.41) is 0. The number of Topliss-reactive ketones (excluding diaryl/α,β-unsaturated/α-hetero) is 1. The molecule has 2 aliphatic carbocycles. The van der Waals surface area contributed by atoms with Crippen molar-refractivity contribution in [2.75, 3.05) is 7.11 Å². The van der Waals surface area contributed by atoms with Crippen LogP contribution in [0.5, 0.6) is 5.75 Å². The Kier molecular flexibility index (Phi) is 7.16. The van der Waals surface area contributed by atoms with Crippen LogP contribution in [0.3, 0.4) is 0 Å². The summed E-state index contributed by atoms with van der Waals surface area (Å²) in [4.78, 5) is 16.5. The maximum atomic E-state index is 15.3. The number of aromatic nitrogens is 1. The smallest absolute Gasteiger partial charge is 0.172 e. The van der Waals surface area contributed by atoms with Gasteiger partial charge in [0, 0.05) is 17.8 Å². The van der Waals surface area contributed by atoms with E-state index in [1.807, 2.05) is 18.2 Å². The second-order valence-corrected chi connectivity index (χ2v) is 10.2. The van der Waals surface area contributed by atoms with Crippen molar-refractivity contribution in [3.8, 4) is 5.75 Å². The zero-order chi connectivity index (χ0) is 23.6. The standard InChI is InChI=1S/C28H35F2NO2/c1-18(32)28(2,30)27(21-9-10-21)22-14-15-31-23(16-22)11-6-19-4-7-20(8-5-19)25-17-24(33-3)12-13-26(25)29/h12-17,19-21,27H,4-11H2,1-3H3/t19?,20?,27-,28?/m0/s1. The fourth-order valence-corrected chi connectivity index (χ4v) is 5.58. The fourth-order valence-electron chi connectivity index (χ4n) is 5.58. The second kappa shape index (κ2) is 9.90. The minimum absolute atomic E-state index is 0.143. The molecule has 0 N–H and O–H groups in total. The van der Waals surface area contributed by atoms with E-state index in [4.69, 9.17) is 4.74 Å². The van der Waals surface area contributed by atoms with Crippen LogP contribution in [0.4, 0.5) is 8.78 Å². The molecule has 178 valence electrons. The molecule has 2 aliphatic rings. The zero-order valence-corrected chi connectivity index (χ0v) is 19.9. The van der Waals surface area contributed by atoms with Gasteiger partial charge in [-0.15, -0.1) is 0 Å². The van der Waals surface area contributed by atoms with Gasteiger partial charge < -0.3 is 4.74 Å². The molecule has 0 aliphatic heterocycles. The van der Waals surface area contributed by atoms with Crippen molar-refractivity contribution in [1.82, 2.24) is 4.98 Å². The molecule has 2 atom stereocenters. The number of ether oxygens (including phenoxy) is 1. The highest BCUT2D eigenvalue weighted by Gasteiger charge is 2.48. The Morgan fingerprint density at radius 2 is 1.88 bits per heavy atom. The van der Waals surface area contributed by atoms with E-state index >= 15 is 4.39 Å².